The average Bonchev–Trinajstić information content (AvgIpc) is 3.22. The summed E-state index contributed by atoms with van der Waals surface area (Å²) in [7, 11) is 0. The normalized spacial score (nSPS) is 14.4. The summed E-state index contributed by atoms with van der Waals surface area (Å²) in [5.41, 5.74) is 2.36. The Hall–Kier alpha value is -3.64. The predicted molar refractivity (Wildman–Crippen MR) is 119 cm³/mol. The number of ether oxygens (including phenoxy) is 1. The van der Waals surface area contributed by atoms with E-state index in [0.717, 1.165) is 11.6 Å². The molecule has 0 radical (unpaired) electrons. The summed E-state index contributed by atoms with van der Waals surface area (Å²) in [6.45, 7) is 0.775. The molecule has 1 unspecified atom stereocenters. The van der Waals surface area contributed by atoms with Crippen molar-refractivity contribution >= 4 is 23.1 Å². The maximum atomic E-state index is 14.3. The Balaban J connectivity index is 1.41. The highest BCUT2D eigenvalue weighted by Gasteiger charge is 2.31. The number of aromatic nitrogens is 2. The van der Waals surface area contributed by atoms with Gasteiger partial charge in [0.2, 0.25) is 5.28 Å². The second-order valence-corrected chi connectivity index (χ2v) is 7.81. The number of nitroso groups, excluding NO2 is 1. The highest BCUT2D eigenvalue weighted by Crippen LogP contribution is 2.41. The molecule has 1 heterocycles. The second-order valence-electron chi connectivity index (χ2n) is 7.47. The molecule has 1 N–H and O–H groups in total. The van der Waals surface area contributed by atoms with Crippen LogP contribution in [0, 0.1) is 27.9 Å². The van der Waals surface area contributed by atoms with Gasteiger partial charge in [-0.1, -0.05) is 6.07 Å². The summed E-state index contributed by atoms with van der Waals surface area (Å²) in [5.74, 6) is -0.701. The number of nitrogens with one attached hydrogen (secondary N) is 1. The van der Waals surface area contributed by atoms with Crippen LogP contribution in [0.2, 0.25) is 5.28 Å². The molecule has 1 aromatic heterocycles. The number of fused-ring (bicyclic) bond motifs is 1. The van der Waals surface area contributed by atoms with Crippen LogP contribution in [0.25, 0.3) is 0 Å². The summed E-state index contributed by atoms with van der Waals surface area (Å²) < 4.78 is 33.3. The molecule has 1 aliphatic rings. The molecule has 0 fully saturated rings. The Morgan fingerprint density at radius 3 is 2.85 bits per heavy atom. The standard InChI is InChI=1S/C23H18ClF2N5O2/c24-23-29-21-17(16-5-3-14(25)10-19(16)26)6-7-18(21)22(30-23)28-8-1-9-33-20-11-15(31-32)4-2-13(20)12-27/h2-5,10-11,17H,1,6-9H2,(H,28,29,30). The van der Waals surface area contributed by atoms with Crippen molar-refractivity contribution in [2.24, 2.45) is 5.18 Å². The molecule has 2 aromatic carbocycles. The summed E-state index contributed by atoms with van der Waals surface area (Å²) in [5, 5.41) is 15.3. The van der Waals surface area contributed by atoms with E-state index in [1.807, 2.05) is 6.07 Å². The van der Waals surface area contributed by atoms with Crippen LogP contribution in [0.15, 0.2) is 41.6 Å². The smallest absolute Gasteiger partial charge is 0.224 e. The number of halogens is 3. The van der Waals surface area contributed by atoms with Crippen LogP contribution in [0.3, 0.4) is 0 Å². The lowest BCUT2D eigenvalue weighted by Gasteiger charge is -2.14. The lowest BCUT2D eigenvalue weighted by atomic mass is 9.96. The summed E-state index contributed by atoms with van der Waals surface area (Å²) in [6, 6.07) is 9.90. The predicted octanol–water partition coefficient (Wildman–Crippen LogP) is 5.64. The Morgan fingerprint density at radius 2 is 2.09 bits per heavy atom. The quantitative estimate of drug-likeness (QED) is 0.260. The minimum Gasteiger partial charge on any atom is -0.492 e. The summed E-state index contributed by atoms with van der Waals surface area (Å²) in [6.07, 6.45) is 1.81. The van der Waals surface area contributed by atoms with Gasteiger partial charge in [-0.3, -0.25) is 0 Å². The van der Waals surface area contributed by atoms with Crippen LogP contribution in [0.1, 0.15) is 41.1 Å². The average molecular weight is 470 g/mol. The van der Waals surface area contributed by atoms with Gasteiger partial charge in [0.1, 0.15) is 35.0 Å². The first-order valence-corrected chi connectivity index (χ1v) is 10.6. The zero-order valence-electron chi connectivity index (χ0n) is 17.3. The van der Waals surface area contributed by atoms with E-state index in [-0.39, 0.29) is 23.5 Å². The molecular formula is C23H18ClF2N5O2. The molecule has 168 valence electrons. The summed E-state index contributed by atoms with van der Waals surface area (Å²) >= 11 is 6.12. The molecule has 0 amide bonds. The number of rotatable bonds is 8. The molecule has 3 aromatic rings. The van der Waals surface area contributed by atoms with Gasteiger partial charge in [-0.25, -0.2) is 18.7 Å². The lowest BCUT2D eigenvalue weighted by Crippen LogP contribution is -2.11. The molecule has 0 bridgehead atoms. The van der Waals surface area contributed by atoms with Crippen LogP contribution >= 0.6 is 11.6 Å². The van der Waals surface area contributed by atoms with E-state index < -0.39 is 11.6 Å². The molecule has 0 saturated carbocycles. The highest BCUT2D eigenvalue weighted by molar-refractivity contribution is 6.28. The molecule has 4 rings (SSSR count). The van der Waals surface area contributed by atoms with Gasteiger partial charge in [0.05, 0.1) is 17.9 Å². The molecule has 33 heavy (non-hydrogen) atoms. The van der Waals surface area contributed by atoms with Crippen LogP contribution in [-0.4, -0.2) is 23.1 Å². The maximum Gasteiger partial charge on any atom is 0.224 e. The van der Waals surface area contributed by atoms with E-state index in [2.05, 4.69) is 20.5 Å². The van der Waals surface area contributed by atoms with E-state index in [4.69, 9.17) is 21.6 Å². The number of nitrogens with zero attached hydrogens (tertiary/aromatic N) is 4. The number of hydrogen-bond acceptors (Lipinski definition) is 7. The van der Waals surface area contributed by atoms with Crippen LogP contribution in [-0.2, 0) is 6.42 Å². The Labute approximate surface area is 193 Å². The van der Waals surface area contributed by atoms with E-state index in [9.17, 15) is 13.7 Å². The molecular weight excluding hydrogens is 452 g/mol. The first-order valence-electron chi connectivity index (χ1n) is 10.3. The van der Waals surface area contributed by atoms with Gasteiger partial charge in [0, 0.05) is 30.2 Å². The van der Waals surface area contributed by atoms with Crippen molar-refractivity contribution in [1.82, 2.24) is 9.97 Å². The van der Waals surface area contributed by atoms with Gasteiger partial charge in [-0.05, 0) is 59.8 Å². The first-order chi connectivity index (χ1) is 16.0. The summed E-state index contributed by atoms with van der Waals surface area (Å²) in [4.78, 5) is 19.3. The SMILES string of the molecule is N#Cc1ccc(N=O)cc1OCCCNc1nc(Cl)nc2c1CCC2c1ccc(F)cc1F. The lowest BCUT2D eigenvalue weighted by molar-refractivity contribution is 0.314. The van der Waals surface area contributed by atoms with Gasteiger partial charge < -0.3 is 10.1 Å². The second kappa shape index (κ2) is 9.88. The first kappa shape index (κ1) is 22.6. The molecule has 10 heteroatoms. The van der Waals surface area contributed by atoms with Crippen LogP contribution < -0.4 is 10.1 Å². The van der Waals surface area contributed by atoms with Crippen molar-refractivity contribution in [3.05, 3.63) is 80.6 Å². The van der Waals surface area contributed by atoms with E-state index in [1.54, 1.807) is 0 Å². The van der Waals surface area contributed by atoms with Crippen molar-refractivity contribution in [2.75, 3.05) is 18.5 Å². The Morgan fingerprint density at radius 1 is 1.24 bits per heavy atom. The molecule has 1 aliphatic carbocycles. The third kappa shape index (κ3) is 4.91. The molecule has 0 aliphatic heterocycles. The maximum absolute atomic E-state index is 14.3. The zero-order chi connectivity index (χ0) is 23.4. The van der Waals surface area contributed by atoms with Gasteiger partial charge in [-0.15, -0.1) is 4.91 Å². The van der Waals surface area contributed by atoms with Crippen LogP contribution in [0.4, 0.5) is 20.3 Å². The van der Waals surface area contributed by atoms with Crippen molar-refractivity contribution in [1.29, 1.82) is 5.26 Å². The highest BCUT2D eigenvalue weighted by atomic mass is 35.5. The number of anilines is 1. The van der Waals surface area contributed by atoms with Crippen molar-refractivity contribution in [2.45, 2.75) is 25.2 Å². The Kier molecular flexibility index (Phi) is 6.75. The van der Waals surface area contributed by atoms with Crippen molar-refractivity contribution in [3.8, 4) is 11.8 Å². The van der Waals surface area contributed by atoms with Crippen molar-refractivity contribution < 1.29 is 13.5 Å². The fourth-order valence-corrected chi connectivity index (χ4v) is 4.08. The zero-order valence-corrected chi connectivity index (χ0v) is 18.1. The third-order valence-electron chi connectivity index (χ3n) is 5.42. The van der Waals surface area contributed by atoms with Gasteiger partial charge in [0.25, 0.3) is 0 Å². The topological polar surface area (TPSA) is 100 Å². The van der Waals surface area contributed by atoms with E-state index >= 15 is 0 Å². The molecule has 1 atom stereocenters. The third-order valence-corrected chi connectivity index (χ3v) is 5.59. The van der Waals surface area contributed by atoms with E-state index in [0.29, 0.717) is 54.2 Å². The number of hydrogen-bond donors (Lipinski definition) is 1. The largest absolute Gasteiger partial charge is 0.492 e. The molecule has 0 saturated heterocycles. The van der Waals surface area contributed by atoms with Gasteiger partial charge in [-0.2, -0.15) is 5.26 Å². The minimum absolute atomic E-state index is 0.0405. The van der Waals surface area contributed by atoms with Crippen LogP contribution in [0.5, 0.6) is 5.75 Å². The fraction of sp³-hybridized carbons (Fsp3) is 0.261. The molecule has 0 spiro atoms. The number of nitriles is 1. The fourth-order valence-electron chi connectivity index (χ4n) is 3.91. The molecule has 7 nitrogen and oxygen atoms in total. The van der Waals surface area contributed by atoms with Gasteiger partial charge in [0.15, 0.2) is 0 Å². The minimum atomic E-state index is -0.629. The van der Waals surface area contributed by atoms with Gasteiger partial charge >= 0.3 is 0 Å². The Bertz CT molecular complexity index is 1250. The van der Waals surface area contributed by atoms with E-state index in [1.165, 1.54) is 30.3 Å². The monoisotopic (exact) mass is 469 g/mol. The number of benzene rings is 2. The van der Waals surface area contributed by atoms with Crippen molar-refractivity contribution in [3.63, 3.8) is 0 Å².